The number of ether oxygens (including phenoxy) is 3. The molecule has 0 fully saturated rings. The summed E-state index contributed by atoms with van der Waals surface area (Å²) in [7, 11) is 0. The molecule has 2 rings (SSSR count). The van der Waals surface area contributed by atoms with Crippen LogP contribution in [0.1, 0.15) is 37.2 Å². The molecule has 0 saturated carbocycles. The van der Waals surface area contributed by atoms with Crippen LogP contribution in [0.15, 0.2) is 24.3 Å². The fourth-order valence-corrected chi connectivity index (χ4v) is 2.63. The van der Waals surface area contributed by atoms with E-state index in [2.05, 4.69) is 14.9 Å². The van der Waals surface area contributed by atoms with Crippen LogP contribution >= 0.6 is 11.5 Å². The minimum atomic E-state index is -0.604. The number of esters is 1. The highest BCUT2D eigenvalue weighted by atomic mass is 32.1. The van der Waals surface area contributed by atoms with E-state index < -0.39 is 5.97 Å². The lowest BCUT2D eigenvalue weighted by molar-refractivity contribution is -0.116. The SMILES string of the molecule is CCOC(=O)c1nnsc1NC(=O)CCCOc1ccccc1OCC. The quantitative estimate of drug-likeness (QED) is 0.500. The molecule has 26 heavy (non-hydrogen) atoms. The van der Waals surface area contributed by atoms with Crippen LogP contribution in [0.25, 0.3) is 0 Å². The Kier molecular flexibility index (Phi) is 7.81. The van der Waals surface area contributed by atoms with Crippen molar-refractivity contribution in [1.82, 2.24) is 9.59 Å². The first-order chi connectivity index (χ1) is 12.7. The molecule has 1 amide bonds. The second kappa shape index (κ2) is 10.3. The Bertz CT molecular complexity index is 735. The van der Waals surface area contributed by atoms with Crippen molar-refractivity contribution in [2.75, 3.05) is 25.1 Å². The van der Waals surface area contributed by atoms with Crippen LogP contribution in [0.5, 0.6) is 11.5 Å². The molecule has 8 nitrogen and oxygen atoms in total. The number of anilines is 1. The van der Waals surface area contributed by atoms with Gasteiger partial charge in [0.15, 0.2) is 16.5 Å². The van der Waals surface area contributed by atoms with Crippen LogP contribution in [0.3, 0.4) is 0 Å². The van der Waals surface area contributed by atoms with E-state index in [0.717, 1.165) is 11.5 Å². The number of hydrogen-bond acceptors (Lipinski definition) is 8. The molecule has 140 valence electrons. The molecule has 1 N–H and O–H groups in total. The molecule has 0 aliphatic heterocycles. The smallest absolute Gasteiger partial charge is 0.362 e. The summed E-state index contributed by atoms with van der Waals surface area (Å²) in [6.45, 7) is 4.74. The van der Waals surface area contributed by atoms with Gasteiger partial charge in [-0.3, -0.25) is 4.79 Å². The number of amides is 1. The van der Waals surface area contributed by atoms with Gasteiger partial charge in [-0.25, -0.2) is 4.79 Å². The minimum Gasteiger partial charge on any atom is -0.490 e. The fourth-order valence-electron chi connectivity index (χ4n) is 2.05. The van der Waals surface area contributed by atoms with Gasteiger partial charge in [-0.1, -0.05) is 16.6 Å². The Hall–Kier alpha value is -2.68. The summed E-state index contributed by atoms with van der Waals surface area (Å²) < 4.78 is 19.7. The van der Waals surface area contributed by atoms with Crippen LogP contribution in [0.2, 0.25) is 0 Å². The largest absolute Gasteiger partial charge is 0.490 e. The van der Waals surface area contributed by atoms with Gasteiger partial charge in [-0.15, -0.1) is 5.10 Å². The van der Waals surface area contributed by atoms with E-state index in [1.54, 1.807) is 6.92 Å². The van der Waals surface area contributed by atoms with Crippen molar-refractivity contribution in [3.05, 3.63) is 30.0 Å². The summed E-state index contributed by atoms with van der Waals surface area (Å²) in [6, 6.07) is 7.38. The number of hydrogen-bond donors (Lipinski definition) is 1. The van der Waals surface area contributed by atoms with Gasteiger partial charge in [0.25, 0.3) is 0 Å². The van der Waals surface area contributed by atoms with E-state index in [9.17, 15) is 9.59 Å². The zero-order valence-electron chi connectivity index (χ0n) is 14.7. The average Bonchev–Trinajstić information content (AvgIpc) is 3.08. The van der Waals surface area contributed by atoms with Crippen LogP contribution in [0, 0.1) is 0 Å². The van der Waals surface area contributed by atoms with Crippen LogP contribution in [-0.2, 0) is 9.53 Å². The first kappa shape index (κ1) is 19.6. The van der Waals surface area contributed by atoms with Gasteiger partial charge >= 0.3 is 5.97 Å². The molecule has 0 bridgehead atoms. The highest BCUT2D eigenvalue weighted by Crippen LogP contribution is 2.26. The molecule has 0 aliphatic carbocycles. The summed E-state index contributed by atoms with van der Waals surface area (Å²) in [5.74, 6) is 0.469. The molecule has 2 aromatic rings. The van der Waals surface area contributed by atoms with Crippen molar-refractivity contribution < 1.29 is 23.8 Å². The Morgan fingerprint density at radius 2 is 1.85 bits per heavy atom. The van der Waals surface area contributed by atoms with E-state index in [-0.39, 0.29) is 29.6 Å². The predicted octanol–water partition coefficient (Wildman–Crippen LogP) is 2.91. The number of rotatable bonds is 10. The van der Waals surface area contributed by atoms with Crippen molar-refractivity contribution >= 4 is 28.4 Å². The van der Waals surface area contributed by atoms with E-state index >= 15 is 0 Å². The Morgan fingerprint density at radius 3 is 2.54 bits per heavy atom. The number of nitrogens with zero attached hydrogens (tertiary/aromatic N) is 2. The van der Waals surface area contributed by atoms with Gasteiger partial charge < -0.3 is 19.5 Å². The molecule has 1 heterocycles. The van der Waals surface area contributed by atoms with Gasteiger partial charge in [0, 0.05) is 18.0 Å². The normalized spacial score (nSPS) is 10.2. The van der Waals surface area contributed by atoms with Crippen molar-refractivity contribution in [2.24, 2.45) is 0 Å². The van der Waals surface area contributed by atoms with Crippen LogP contribution < -0.4 is 14.8 Å². The van der Waals surface area contributed by atoms with E-state index in [4.69, 9.17) is 14.2 Å². The lowest BCUT2D eigenvalue weighted by Crippen LogP contribution is -2.15. The zero-order chi connectivity index (χ0) is 18.8. The number of nitrogens with one attached hydrogen (secondary N) is 1. The third kappa shape index (κ3) is 5.69. The number of carbonyl (C=O) groups is 2. The number of carbonyl (C=O) groups excluding carboxylic acids is 2. The molecule has 0 radical (unpaired) electrons. The first-order valence-electron chi connectivity index (χ1n) is 8.29. The van der Waals surface area contributed by atoms with Gasteiger partial charge in [0.1, 0.15) is 0 Å². The Balaban J connectivity index is 1.78. The lowest BCUT2D eigenvalue weighted by atomic mass is 10.3. The summed E-state index contributed by atoms with van der Waals surface area (Å²) in [5.41, 5.74) is 0.0205. The van der Waals surface area contributed by atoms with Gasteiger partial charge in [0.2, 0.25) is 11.6 Å². The van der Waals surface area contributed by atoms with E-state index in [1.807, 2.05) is 31.2 Å². The fraction of sp³-hybridized carbons (Fsp3) is 0.412. The summed E-state index contributed by atoms with van der Waals surface area (Å²) in [4.78, 5) is 23.7. The molecule has 0 unspecified atom stereocenters. The number of benzene rings is 1. The lowest BCUT2D eigenvalue weighted by Gasteiger charge is -2.11. The third-order valence-corrected chi connectivity index (χ3v) is 3.81. The molecular formula is C17H21N3O5S. The standard InChI is InChI=1S/C17H21N3O5S/c1-3-23-12-8-5-6-9-13(12)25-11-7-10-14(21)18-16-15(19-20-26-16)17(22)24-4-2/h5-6,8-9H,3-4,7,10-11H2,1-2H3,(H,18,21). The van der Waals surface area contributed by atoms with Gasteiger partial charge in [-0.2, -0.15) is 0 Å². The molecule has 0 atom stereocenters. The molecule has 1 aromatic carbocycles. The summed E-state index contributed by atoms with van der Waals surface area (Å²) >= 11 is 0.934. The molecule has 0 aliphatic rings. The average molecular weight is 379 g/mol. The van der Waals surface area contributed by atoms with Crippen molar-refractivity contribution in [3.8, 4) is 11.5 Å². The molecule has 0 spiro atoms. The van der Waals surface area contributed by atoms with Gasteiger partial charge in [-0.05, 0) is 32.4 Å². The van der Waals surface area contributed by atoms with E-state index in [1.165, 1.54) is 0 Å². The Morgan fingerprint density at radius 1 is 1.12 bits per heavy atom. The topological polar surface area (TPSA) is 99.6 Å². The van der Waals surface area contributed by atoms with Crippen molar-refractivity contribution in [2.45, 2.75) is 26.7 Å². The number of para-hydroxylation sites is 2. The highest BCUT2D eigenvalue weighted by molar-refractivity contribution is 7.10. The Labute approximate surface area is 155 Å². The zero-order valence-corrected chi connectivity index (χ0v) is 15.5. The second-order valence-electron chi connectivity index (χ2n) is 5.05. The predicted molar refractivity (Wildman–Crippen MR) is 96.8 cm³/mol. The monoisotopic (exact) mass is 379 g/mol. The molecule has 9 heteroatoms. The highest BCUT2D eigenvalue weighted by Gasteiger charge is 2.19. The maximum Gasteiger partial charge on any atom is 0.362 e. The third-order valence-electron chi connectivity index (χ3n) is 3.16. The van der Waals surface area contributed by atoms with Crippen LogP contribution in [-0.4, -0.2) is 41.3 Å². The maximum absolute atomic E-state index is 12.0. The molecular weight excluding hydrogens is 358 g/mol. The number of aromatic nitrogens is 2. The molecule has 1 aromatic heterocycles. The summed E-state index contributed by atoms with van der Waals surface area (Å²) in [5, 5.41) is 6.61. The summed E-state index contributed by atoms with van der Waals surface area (Å²) in [6.07, 6.45) is 0.740. The van der Waals surface area contributed by atoms with Crippen molar-refractivity contribution in [1.29, 1.82) is 0 Å². The molecule has 0 saturated heterocycles. The van der Waals surface area contributed by atoms with Gasteiger partial charge in [0.05, 0.1) is 19.8 Å². The first-order valence-corrected chi connectivity index (χ1v) is 9.07. The second-order valence-corrected chi connectivity index (χ2v) is 5.81. The van der Waals surface area contributed by atoms with Crippen molar-refractivity contribution in [3.63, 3.8) is 0 Å². The minimum absolute atomic E-state index is 0.0205. The van der Waals surface area contributed by atoms with Crippen LogP contribution in [0.4, 0.5) is 5.00 Å². The maximum atomic E-state index is 12.0. The van der Waals surface area contributed by atoms with E-state index in [0.29, 0.717) is 31.1 Å².